The highest BCUT2D eigenvalue weighted by Crippen LogP contribution is 2.45. The van der Waals surface area contributed by atoms with Crippen molar-refractivity contribution in [2.75, 3.05) is 13.7 Å². The SMILES string of the molecule is COc1ccc(C[C@H]2NC(=O)/C=C/C[C@@H](C(C)[C@H]3O[C@@H]3c3ccc(CO)cc3)OC(=O)[C@H](CC(C)(C)C)NC(=O)C(C)(C)CNC2=O)cc1Cl. The fourth-order valence-corrected chi connectivity index (χ4v) is 6.18. The van der Waals surface area contributed by atoms with Crippen LogP contribution >= 0.6 is 11.6 Å². The Morgan fingerprint density at radius 3 is 2.32 bits per heavy atom. The van der Waals surface area contributed by atoms with E-state index in [1.165, 1.54) is 13.2 Å². The fraction of sp³-hybridized carbons (Fsp3) is 0.526. The van der Waals surface area contributed by atoms with Gasteiger partial charge >= 0.3 is 5.97 Å². The molecular weight excluding hydrogens is 662 g/mol. The summed E-state index contributed by atoms with van der Waals surface area (Å²) in [5.74, 6) is -1.81. The minimum Gasteiger partial charge on any atom is -0.495 e. The second-order valence-electron chi connectivity index (χ2n) is 15.0. The number of carbonyl (C=O) groups is 4. The predicted octanol–water partition coefficient (Wildman–Crippen LogP) is 4.58. The number of rotatable bonds is 8. The zero-order valence-electron chi connectivity index (χ0n) is 29.9. The average Bonchev–Trinajstić information content (AvgIpc) is 3.86. The fourth-order valence-electron chi connectivity index (χ4n) is 5.90. The number of ether oxygens (including phenoxy) is 3. The molecule has 4 rings (SSSR count). The number of amides is 3. The predicted molar refractivity (Wildman–Crippen MR) is 189 cm³/mol. The number of methoxy groups -OCH3 is 1. The van der Waals surface area contributed by atoms with Crippen molar-refractivity contribution in [2.24, 2.45) is 16.7 Å². The molecule has 11 nitrogen and oxygen atoms in total. The van der Waals surface area contributed by atoms with Crippen molar-refractivity contribution < 1.29 is 38.5 Å². The molecule has 50 heavy (non-hydrogen) atoms. The standard InChI is InChI=1S/C38H50ClN3O8/c1-22(32-33(50-32)25-14-11-23(20-43)12-15-25)29-9-8-10-31(44)41-27(18-24-13-16-30(48-7)26(39)17-24)34(45)40-21-38(5,6)36(47)42-28(35(46)49-29)19-37(2,3)4/h8,10-17,22,27-29,32-33,43H,9,18-21H2,1-7H3,(H,40,45)(H,41,44)(H,42,47)/b10-8+/t22?,27-,28+,29+,32-,33-/m1/s1. The van der Waals surface area contributed by atoms with E-state index in [1.807, 2.05) is 52.0 Å². The first-order valence-electron chi connectivity index (χ1n) is 16.9. The minimum absolute atomic E-state index is 0.0557. The molecule has 2 heterocycles. The van der Waals surface area contributed by atoms with Crippen LogP contribution in [0.2, 0.25) is 5.02 Å². The number of cyclic esters (lactones) is 1. The maximum Gasteiger partial charge on any atom is 0.328 e. The summed E-state index contributed by atoms with van der Waals surface area (Å²) in [7, 11) is 1.51. The molecule has 1 saturated heterocycles. The Hall–Kier alpha value is -3.93. The van der Waals surface area contributed by atoms with E-state index >= 15 is 0 Å². The van der Waals surface area contributed by atoms with Gasteiger partial charge in [0.1, 0.15) is 30.0 Å². The normalized spacial score (nSPS) is 26.1. The van der Waals surface area contributed by atoms with E-state index in [9.17, 15) is 24.3 Å². The molecule has 2 aliphatic rings. The quantitative estimate of drug-likeness (QED) is 0.229. The number of epoxide rings is 1. The number of benzene rings is 2. The summed E-state index contributed by atoms with van der Waals surface area (Å²) in [6.45, 7) is 11.1. The maximum atomic E-state index is 13.8. The van der Waals surface area contributed by atoms with Crippen molar-refractivity contribution in [1.82, 2.24) is 16.0 Å². The topological polar surface area (TPSA) is 156 Å². The van der Waals surface area contributed by atoms with Crippen LogP contribution in [0.15, 0.2) is 54.6 Å². The van der Waals surface area contributed by atoms with Gasteiger partial charge in [-0.1, -0.05) is 75.7 Å². The summed E-state index contributed by atoms with van der Waals surface area (Å²) in [6, 6.07) is 10.7. The summed E-state index contributed by atoms with van der Waals surface area (Å²) in [5, 5.41) is 18.3. The lowest BCUT2D eigenvalue weighted by Crippen LogP contribution is -2.54. The molecule has 0 radical (unpaired) electrons. The number of hydrogen-bond acceptors (Lipinski definition) is 8. The number of halogens is 1. The summed E-state index contributed by atoms with van der Waals surface area (Å²) in [6.07, 6.45) is 2.39. The number of aliphatic hydroxyl groups is 1. The Kier molecular flexibility index (Phi) is 12.7. The molecule has 6 atom stereocenters. The largest absolute Gasteiger partial charge is 0.495 e. The van der Waals surface area contributed by atoms with Crippen LogP contribution in [0.25, 0.3) is 0 Å². The van der Waals surface area contributed by atoms with Gasteiger partial charge in [0.15, 0.2) is 0 Å². The molecule has 12 heteroatoms. The van der Waals surface area contributed by atoms with Gasteiger partial charge in [-0.05, 0) is 60.6 Å². The van der Waals surface area contributed by atoms with Gasteiger partial charge in [0, 0.05) is 25.3 Å². The van der Waals surface area contributed by atoms with Crippen LogP contribution in [0.3, 0.4) is 0 Å². The second kappa shape index (κ2) is 16.4. The van der Waals surface area contributed by atoms with Gasteiger partial charge < -0.3 is 35.3 Å². The van der Waals surface area contributed by atoms with Gasteiger partial charge in [0.05, 0.1) is 30.3 Å². The van der Waals surface area contributed by atoms with E-state index in [-0.39, 0.29) is 49.5 Å². The van der Waals surface area contributed by atoms with Crippen molar-refractivity contribution in [3.05, 3.63) is 76.3 Å². The van der Waals surface area contributed by atoms with E-state index in [0.717, 1.165) is 11.1 Å². The van der Waals surface area contributed by atoms with E-state index in [0.29, 0.717) is 22.8 Å². The third kappa shape index (κ3) is 10.5. The van der Waals surface area contributed by atoms with Gasteiger partial charge in [0.2, 0.25) is 17.7 Å². The van der Waals surface area contributed by atoms with E-state index in [1.54, 1.807) is 38.1 Å². The Morgan fingerprint density at radius 1 is 1.02 bits per heavy atom. The molecule has 0 saturated carbocycles. The molecule has 4 N–H and O–H groups in total. The monoisotopic (exact) mass is 711 g/mol. The molecule has 0 aliphatic carbocycles. The van der Waals surface area contributed by atoms with Gasteiger partial charge in [-0.3, -0.25) is 14.4 Å². The molecule has 272 valence electrons. The molecule has 0 bridgehead atoms. The highest BCUT2D eigenvalue weighted by Gasteiger charge is 2.48. The van der Waals surface area contributed by atoms with Gasteiger partial charge in [-0.2, -0.15) is 0 Å². The minimum atomic E-state index is -1.12. The molecule has 1 unspecified atom stereocenters. The first-order valence-corrected chi connectivity index (χ1v) is 17.3. The van der Waals surface area contributed by atoms with Gasteiger partial charge in [-0.25, -0.2) is 4.79 Å². The second-order valence-corrected chi connectivity index (χ2v) is 15.4. The molecule has 2 aliphatic heterocycles. The number of esters is 1. The number of carbonyl (C=O) groups excluding carboxylic acids is 4. The van der Waals surface area contributed by atoms with Crippen molar-refractivity contribution >= 4 is 35.3 Å². The van der Waals surface area contributed by atoms with Crippen molar-refractivity contribution in [2.45, 2.75) is 97.8 Å². The van der Waals surface area contributed by atoms with Crippen LogP contribution in [0.5, 0.6) is 5.75 Å². The van der Waals surface area contributed by atoms with E-state index in [2.05, 4.69) is 16.0 Å². The van der Waals surface area contributed by atoms with Crippen LogP contribution in [-0.2, 0) is 41.7 Å². The van der Waals surface area contributed by atoms with Crippen LogP contribution in [-0.4, -0.2) is 66.7 Å². The molecule has 1 fully saturated rings. The number of aliphatic hydroxyl groups excluding tert-OH is 1. The first kappa shape index (κ1) is 38.9. The molecular formula is C38H50ClN3O8. The summed E-state index contributed by atoms with van der Waals surface area (Å²) >= 11 is 6.34. The lowest BCUT2D eigenvalue weighted by Gasteiger charge is -2.32. The Morgan fingerprint density at radius 2 is 1.70 bits per heavy atom. The van der Waals surface area contributed by atoms with Crippen molar-refractivity contribution in [3.63, 3.8) is 0 Å². The van der Waals surface area contributed by atoms with Gasteiger partial charge in [0.25, 0.3) is 0 Å². The first-order chi connectivity index (χ1) is 23.5. The third-order valence-electron chi connectivity index (χ3n) is 9.04. The molecule has 0 aromatic heterocycles. The Labute approximate surface area is 299 Å². The van der Waals surface area contributed by atoms with E-state index < -0.39 is 47.3 Å². The molecule has 2 aromatic carbocycles. The van der Waals surface area contributed by atoms with E-state index in [4.69, 9.17) is 25.8 Å². The summed E-state index contributed by atoms with van der Waals surface area (Å²) in [4.78, 5) is 54.2. The van der Waals surface area contributed by atoms with Crippen molar-refractivity contribution in [3.8, 4) is 5.75 Å². The third-order valence-corrected chi connectivity index (χ3v) is 9.34. The lowest BCUT2D eigenvalue weighted by atomic mass is 9.86. The molecule has 0 spiro atoms. The molecule has 2 aromatic rings. The van der Waals surface area contributed by atoms with Crippen LogP contribution < -0.4 is 20.7 Å². The zero-order chi connectivity index (χ0) is 36.8. The van der Waals surface area contributed by atoms with Crippen LogP contribution in [0, 0.1) is 16.7 Å². The lowest BCUT2D eigenvalue weighted by molar-refractivity contribution is -0.157. The maximum absolute atomic E-state index is 13.8. The number of hydrogen-bond donors (Lipinski definition) is 4. The highest BCUT2D eigenvalue weighted by atomic mass is 35.5. The van der Waals surface area contributed by atoms with Crippen LogP contribution in [0.1, 0.15) is 77.2 Å². The van der Waals surface area contributed by atoms with Gasteiger partial charge in [-0.15, -0.1) is 0 Å². The Bertz CT molecular complexity index is 1570. The van der Waals surface area contributed by atoms with Crippen molar-refractivity contribution in [1.29, 1.82) is 0 Å². The summed E-state index contributed by atoms with van der Waals surface area (Å²) in [5.41, 5.74) is 0.974. The summed E-state index contributed by atoms with van der Waals surface area (Å²) < 4.78 is 17.4. The average molecular weight is 712 g/mol. The highest BCUT2D eigenvalue weighted by molar-refractivity contribution is 6.32. The van der Waals surface area contributed by atoms with Crippen LogP contribution in [0.4, 0.5) is 0 Å². The Balaban J connectivity index is 1.62. The zero-order valence-corrected chi connectivity index (χ0v) is 30.6. The smallest absolute Gasteiger partial charge is 0.328 e. The molecule has 3 amide bonds. The number of nitrogens with one attached hydrogen (secondary N) is 3.